The molecular formula is C17H15NO7S. The van der Waals surface area contributed by atoms with Crippen molar-refractivity contribution >= 4 is 28.9 Å². The molecule has 0 fully saturated rings. The molecule has 1 N–H and O–H groups in total. The van der Waals surface area contributed by atoms with Crippen LogP contribution in [-0.2, 0) is 24.8 Å². The molecule has 8 nitrogen and oxygen atoms in total. The SMILES string of the molecule is COC(=O)c1ccc(C(=O)NOS(=O)c2ccccc2)cc1C(=O)OC. The van der Waals surface area contributed by atoms with Gasteiger partial charge < -0.3 is 9.47 Å². The summed E-state index contributed by atoms with van der Waals surface area (Å²) in [6, 6.07) is 11.9. The van der Waals surface area contributed by atoms with E-state index in [2.05, 4.69) is 9.47 Å². The molecule has 2 rings (SSSR count). The van der Waals surface area contributed by atoms with E-state index in [1.807, 2.05) is 5.48 Å². The Hall–Kier alpha value is -3.04. The standard InChI is InChI=1S/C17H15NO7S/c1-23-16(20)13-9-8-11(10-14(13)17(21)24-2)15(19)18-25-26(22)12-6-4-3-5-7-12/h3-10H,1-2H3,(H,18,19). The second-order valence-corrected chi connectivity index (χ2v) is 5.91. The number of ether oxygens (including phenoxy) is 2. The van der Waals surface area contributed by atoms with E-state index < -0.39 is 28.9 Å². The molecule has 1 amide bonds. The fourth-order valence-electron chi connectivity index (χ4n) is 1.97. The maximum Gasteiger partial charge on any atom is 0.338 e. The first-order valence-electron chi connectivity index (χ1n) is 7.23. The second-order valence-electron chi connectivity index (χ2n) is 4.81. The van der Waals surface area contributed by atoms with Gasteiger partial charge in [-0.05, 0) is 30.3 Å². The highest BCUT2D eigenvalue weighted by molar-refractivity contribution is 7.80. The first-order valence-corrected chi connectivity index (χ1v) is 8.30. The van der Waals surface area contributed by atoms with Gasteiger partial charge in [-0.3, -0.25) is 4.79 Å². The average molecular weight is 377 g/mol. The Morgan fingerprint density at radius 3 is 2.12 bits per heavy atom. The number of benzene rings is 2. The molecule has 0 aliphatic carbocycles. The van der Waals surface area contributed by atoms with Gasteiger partial charge in [0.1, 0.15) is 0 Å². The van der Waals surface area contributed by atoms with E-state index in [9.17, 15) is 18.6 Å². The van der Waals surface area contributed by atoms with Gasteiger partial charge in [0.2, 0.25) is 11.1 Å². The topological polar surface area (TPSA) is 108 Å². The Labute approximate surface area is 151 Å². The van der Waals surface area contributed by atoms with Crippen LogP contribution in [0.5, 0.6) is 0 Å². The number of esters is 2. The second kappa shape index (κ2) is 8.88. The van der Waals surface area contributed by atoms with Crippen LogP contribution in [0.1, 0.15) is 31.1 Å². The highest BCUT2D eigenvalue weighted by Crippen LogP contribution is 2.15. The van der Waals surface area contributed by atoms with Crippen molar-refractivity contribution in [2.75, 3.05) is 14.2 Å². The zero-order valence-corrected chi connectivity index (χ0v) is 14.7. The predicted octanol–water partition coefficient (Wildman–Crippen LogP) is 1.64. The third-order valence-electron chi connectivity index (χ3n) is 3.24. The number of amides is 1. The molecule has 1 atom stereocenters. The Balaban J connectivity index is 2.17. The highest BCUT2D eigenvalue weighted by Gasteiger charge is 2.21. The van der Waals surface area contributed by atoms with Crippen molar-refractivity contribution in [3.05, 3.63) is 65.2 Å². The lowest BCUT2D eigenvalue weighted by Crippen LogP contribution is -2.25. The zero-order chi connectivity index (χ0) is 19.1. The number of hydrogen-bond donors (Lipinski definition) is 1. The zero-order valence-electron chi connectivity index (χ0n) is 13.9. The third-order valence-corrected chi connectivity index (χ3v) is 4.13. The molecule has 0 aliphatic rings. The number of carbonyl (C=O) groups excluding carboxylic acids is 3. The lowest BCUT2D eigenvalue weighted by atomic mass is 10.0. The van der Waals surface area contributed by atoms with Gasteiger partial charge in [-0.25, -0.2) is 19.3 Å². The van der Waals surface area contributed by atoms with Gasteiger partial charge in [0.15, 0.2) is 0 Å². The van der Waals surface area contributed by atoms with Crippen LogP contribution in [0.15, 0.2) is 53.4 Å². The number of methoxy groups -OCH3 is 2. The van der Waals surface area contributed by atoms with E-state index >= 15 is 0 Å². The monoisotopic (exact) mass is 377 g/mol. The molecule has 0 bridgehead atoms. The lowest BCUT2D eigenvalue weighted by molar-refractivity contribution is 0.0555. The molecule has 0 radical (unpaired) electrons. The summed E-state index contributed by atoms with van der Waals surface area (Å²) in [4.78, 5) is 36.1. The number of rotatable bonds is 6. The van der Waals surface area contributed by atoms with Crippen LogP contribution in [0.2, 0.25) is 0 Å². The van der Waals surface area contributed by atoms with Gasteiger partial charge in [0.25, 0.3) is 5.91 Å². The minimum atomic E-state index is -1.90. The normalized spacial score (nSPS) is 11.3. The first-order chi connectivity index (χ1) is 12.5. The number of nitrogens with one attached hydrogen (secondary N) is 1. The summed E-state index contributed by atoms with van der Waals surface area (Å²) in [5.41, 5.74) is 1.85. The Morgan fingerprint density at radius 2 is 1.50 bits per heavy atom. The van der Waals surface area contributed by atoms with Crippen molar-refractivity contribution in [3.63, 3.8) is 0 Å². The molecule has 136 valence electrons. The van der Waals surface area contributed by atoms with E-state index in [1.165, 1.54) is 12.1 Å². The van der Waals surface area contributed by atoms with Crippen molar-refractivity contribution in [3.8, 4) is 0 Å². The Morgan fingerprint density at radius 1 is 0.885 bits per heavy atom. The van der Waals surface area contributed by atoms with Gasteiger partial charge in [-0.1, -0.05) is 18.2 Å². The number of hydrogen-bond acceptors (Lipinski definition) is 7. The molecule has 0 saturated carbocycles. The van der Waals surface area contributed by atoms with Gasteiger partial charge in [-0.2, -0.15) is 4.28 Å². The van der Waals surface area contributed by atoms with E-state index in [4.69, 9.17) is 4.28 Å². The Bertz CT molecular complexity index is 851. The van der Waals surface area contributed by atoms with E-state index in [0.717, 1.165) is 20.3 Å². The summed E-state index contributed by atoms with van der Waals surface area (Å²) in [7, 11) is 2.30. The minimum Gasteiger partial charge on any atom is -0.465 e. The molecule has 26 heavy (non-hydrogen) atoms. The molecule has 0 saturated heterocycles. The number of carbonyl (C=O) groups is 3. The molecule has 0 spiro atoms. The summed E-state index contributed by atoms with van der Waals surface area (Å²) < 4.78 is 25.9. The van der Waals surface area contributed by atoms with Crippen LogP contribution in [0, 0.1) is 0 Å². The van der Waals surface area contributed by atoms with Gasteiger partial charge in [-0.15, -0.1) is 0 Å². The molecule has 9 heteroatoms. The Kier molecular flexibility index (Phi) is 6.59. The molecule has 0 aliphatic heterocycles. The first kappa shape index (κ1) is 19.3. The van der Waals surface area contributed by atoms with Crippen molar-refractivity contribution in [1.29, 1.82) is 0 Å². The summed E-state index contributed by atoms with van der Waals surface area (Å²) in [5.74, 6) is -2.32. The summed E-state index contributed by atoms with van der Waals surface area (Å²) in [5, 5.41) is 0. The summed E-state index contributed by atoms with van der Waals surface area (Å²) in [6.45, 7) is 0. The number of hydroxylamine groups is 1. The molecule has 2 aromatic carbocycles. The highest BCUT2D eigenvalue weighted by atomic mass is 32.2. The fraction of sp³-hybridized carbons (Fsp3) is 0.118. The minimum absolute atomic E-state index is 0.00288. The molecule has 0 heterocycles. The molecule has 0 aromatic heterocycles. The van der Waals surface area contributed by atoms with Crippen molar-refractivity contribution in [2.45, 2.75) is 4.90 Å². The van der Waals surface area contributed by atoms with Gasteiger partial charge >= 0.3 is 11.9 Å². The fourth-order valence-corrected chi connectivity index (χ4v) is 2.59. The van der Waals surface area contributed by atoms with Crippen LogP contribution in [0.4, 0.5) is 0 Å². The van der Waals surface area contributed by atoms with E-state index in [1.54, 1.807) is 30.3 Å². The van der Waals surface area contributed by atoms with Crippen LogP contribution in [0.3, 0.4) is 0 Å². The van der Waals surface area contributed by atoms with Crippen LogP contribution < -0.4 is 5.48 Å². The van der Waals surface area contributed by atoms with Gasteiger partial charge in [0.05, 0.1) is 30.2 Å². The molecule has 1 unspecified atom stereocenters. The average Bonchev–Trinajstić information content (AvgIpc) is 2.70. The van der Waals surface area contributed by atoms with E-state index in [0.29, 0.717) is 4.90 Å². The van der Waals surface area contributed by atoms with Crippen molar-refractivity contribution < 1.29 is 32.4 Å². The molecular weight excluding hydrogens is 362 g/mol. The smallest absolute Gasteiger partial charge is 0.338 e. The third kappa shape index (κ3) is 4.52. The van der Waals surface area contributed by atoms with Crippen LogP contribution in [-0.4, -0.2) is 36.3 Å². The lowest BCUT2D eigenvalue weighted by Gasteiger charge is -2.09. The van der Waals surface area contributed by atoms with Gasteiger partial charge in [0, 0.05) is 5.56 Å². The summed E-state index contributed by atoms with van der Waals surface area (Å²) in [6.07, 6.45) is 0. The largest absolute Gasteiger partial charge is 0.465 e. The maximum atomic E-state index is 12.2. The maximum absolute atomic E-state index is 12.2. The van der Waals surface area contributed by atoms with Crippen molar-refractivity contribution in [1.82, 2.24) is 5.48 Å². The molecule has 2 aromatic rings. The summed E-state index contributed by atoms with van der Waals surface area (Å²) >= 11 is -1.90. The predicted molar refractivity (Wildman–Crippen MR) is 90.5 cm³/mol. The van der Waals surface area contributed by atoms with Crippen LogP contribution >= 0.6 is 0 Å². The quantitative estimate of drug-likeness (QED) is 0.602. The van der Waals surface area contributed by atoms with Crippen molar-refractivity contribution in [2.24, 2.45) is 0 Å². The van der Waals surface area contributed by atoms with E-state index in [-0.39, 0.29) is 16.7 Å². The van der Waals surface area contributed by atoms with Crippen LogP contribution in [0.25, 0.3) is 0 Å².